The average molecular weight is 383 g/mol. The van der Waals surface area contributed by atoms with Gasteiger partial charge in [0, 0.05) is 18.1 Å². The van der Waals surface area contributed by atoms with E-state index in [0.29, 0.717) is 27.6 Å². The second-order valence-corrected chi connectivity index (χ2v) is 7.35. The third kappa shape index (κ3) is 4.44. The van der Waals surface area contributed by atoms with Crippen molar-refractivity contribution < 1.29 is 9.59 Å². The molecule has 3 rings (SSSR count). The fourth-order valence-corrected chi connectivity index (χ4v) is 3.26. The van der Waals surface area contributed by atoms with Gasteiger partial charge in [0.15, 0.2) is 0 Å². The third-order valence-electron chi connectivity index (χ3n) is 4.48. The molecule has 8 heteroatoms. The number of guanidine groups is 1. The van der Waals surface area contributed by atoms with Crippen LogP contribution in [0.3, 0.4) is 0 Å². The molecule has 1 saturated heterocycles. The van der Waals surface area contributed by atoms with Gasteiger partial charge in [-0.1, -0.05) is 30.1 Å². The number of nitrogens with zero attached hydrogens (tertiary/aromatic N) is 2. The van der Waals surface area contributed by atoms with Crippen LogP contribution in [0, 0.1) is 5.92 Å². The summed E-state index contributed by atoms with van der Waals surface area (Å²) >= 11 is 11.9. The molecule has 2 amide bonds. The summed E-state index contributed by atoms with van der Waals surface area (Å²) in [5, 5.41) is 6.33. The topological polar surface area (TPSA) is 73.8 Å². The highest BCUT2D eigenvalue weighted by atomic mass is 35.5. The maximum absolute atomic E-state index is 12.2. The molecule has 1 fully saturated rings. The number of amides is 2. The van der Waals surface area contributed by atoms with Crippen molar-refractivity contribution in [1.82, 2.24) is 10.2 Å². The standard InChI is InChI=1S/C17H20Cl2N4O2/c1-10-4-6-23(7-5-10)17-21-14(16(25)22-17)9-15(24)20-13-8-11(18)2-3-12(13)19/h2-3,8,10,14H,4-7,9H2,1H3,(H,20,24)(H,21,22,25). The number of halogens is 2. The number of nitrogens with one attached hydrogen (secondary N) is 2. The van der Waals surface area contributed by atoms with Crippen LogP contribution in [-0.2, 0) is 9.59 Å². The predicted molar refractivity (Wildman–Crippen MR) is 99.0 cm³/mol. The summed E-state index contributed by atoms with van der Waals surface area (Å²) < 4.78 is 0. The first-order valence-electron chi connectivity index (χ1n) is 8.31. The smallest absolute Gasteiger partial charge is 0.252 e. The number of anilines is 1. The maximum Gasteiger partial charge on any atom is 0.252 e. The number of likely N-dealkylation sites (tertiary alicyclic amines) is 1. The van der Waals surface area contributed by atoms with E-state index in [1.807, 2.05) is 0 Å². The Morgan fingerprint density at radius 2 is 2.08 bits per heavy atom. The van der Waals surface area contributed by atoms with Gasteiger partial charge in [0.25, 0.3) is 5.91 Å². The Morgan fingerprint density at radius 1 is 1.36 bits per heavy atom. The van der Waals surface area contributed by atoms with Crippen LogP contribution in [0.5, 0.6) is 0 Å². The van der Waals surface area contributed by atoms with Crippen LogP contribution in [0.2, 0.25) is 10.0 Å². The summed E-state index contributed by atoms with van der Waals surface area (Å²) in [6.07, 6.45) is 2.11. The summed E-state index contributed by atoms with van der Waals surface area (Å²) in [5.74, 6) is 0.691. The molecular formula is C17H20Cl2N4O2. The Balaban J connectivity index is 1.61. The lowest BCUT2D eigenvalue weighted by Crippen LogP contribution is -2.44. The second-order valence-electron chi connectivity index (χ2n) is 6.50. The van der Waals surface area contributed by atoms with Crippen molar-refractivity contribution in [3.8, 4) is 0 Å². The molecule has 1 atom stereocenters. The number of hydrogen-bond donors (Lipinski definition) is 2. The Bertz CT molecular complexity index is 715. The first-order chi connectivity index (χ1) is 11.9. The van der Waals surface area contributed by atoms with Crippen molar-refractivity contribution in [2.24, 2.45) is 10.9 Å². The molecule has 0 radical (unpaired) electrons. The van der Waals surface area contributed by atoms with E-state index in [4.69, 9.17) is 23.2 Å². The van der Waals surface area contributed by atoms with Gasteiger partial charge in [0.05, 0.1) is 17.1 Å². The normalized spacial score (nSPS) is 21.1. The van der Waals surface area contributed by atoms with Gasteiger partial charge in [0.2, 0.25) is 11.9 Å². The zero-order valence-electron chi connectivity index (χ0n) is 13.9. The quantitative estimate of drug-likeness (QED) is 0.843. The van der Waals surface area contributed by atoms with Gasteiger partial charge in [-0.3, -0.25) is 14.9 Å². The first kappa shape index (κ1) is 18.0. The number of piperidine rings is 1. The van der Waals surface area contributed by atoms with Crippen LogP contribution >= 0.6 is 23.2 Å². The summed E-state index contributed by atoms with van der Waals surface area (Å²) in [5.41, 5.74) is 0.423. The Labute approximate surface area is 156 Å². The molecule has 6 nitrogen and oxygen atoms in total. The molecule has 0 spiro atoms. The monoisotopic (exact) mass is 382 g/mol. The first-order valence-corrected chi connectivity index (χ1v) is 9.06. The van der Waals surface area contributed by atoms with Gasteiger partial charge in [-0.2, -0.15) is 0 Å². The van der Waals surface area contributed by atoms with E-state index in [1.54, 1.807) is 18.2 Å². The SMILES string of the molecule is CC1CCN(C2=NC(CC(=O)Nc3cc(Cl)ccc3Cl)C(=O)N2)CC1. The summed E-state index contributed by atoms with van der Waals surface area (Å²) in [7, 11) is 0. The number of rotatable bonds is 3. The molecule has 1 unspecified atom stereocenters. The van der Waals surface area contributed by atoms with Gasteiger partial charge < -0.3 is 10.2 Å². The largest absolute Gasteiger partial charge is 0.343 e. The molecule has 0 aromatic heterocycles. The molecule has 2 aliphatic rings. The van der Waals surface area contributed by atoms with Gasteiger partial charge >= 0.3 is 0 Å². The molecule has 2 aliphatic heterocycles. The molecule has 0 bridgehead atoms. The molecule has 134 valence electrons. The average Bonchev–Trinajstić information content (AvgIpc) is 2.92. The predicted octanol–water partition coefficient (Wildman–Crippen LogP) is 2.91. The summed E-state index contributed by atoms with van der Waals surface area (Å²) in [6, 6.07) is 4.10. The zero-order chi connectivity index (χ0) is 18.0. The van der Waals surface area contributed by atoms with E-state index in [-0.39, 0.29) is 18.2 Å². The van der Waals surface area contributed by atoms with Gasteiger partial charge in [-0.15, -0.1) is 0 Å². The van der Waals surface area contributed by atoms with Gasteiger partial charge in [0.1, 0.15) is 6.04 Å². The fourth-order valence-electron chi connectivity index (χ4n) is 2.92. The minimum atomic E-state index is -0.715. The highest BCUT2D eigenvalue weighted by Crippen LogP contribution is 2.26. The summed E-state index contributed by atoms with van der Waals surface area (Å²) in [4.78, 5) is 30.8. The Kier molecular flexibility index (Phi) is 5.49. The minimum Gasteiger partial charge on any atom is -0.343 e. The van der Waals surface area contributed by atoms with Crippen LogP contribution in [0.25, 0.3) is 0 Å². The molecule has 25 heavy (non-hydrogen) atoms. The Hall–Kier alpha value is -1.79. The lowest BCUT2D eigenvalue weighted by molar-refractivity contribution is -0.124. The van der Waals surface area contributed by atoms with Gasteiger partial charge in [-0.05, 0) is 37.0 Å². The molecule has 2 heterocycles. The molecule has 2 N–H and O–H groups in total. The fraction of sp³-hybridized carbons (Fsp3) is 0.471. The highest BCUT2D eigenvalue weighted by molar-refractivity contribution is 6.35. The molecule has 0 aliphatic carbocycles. The van der Waals surface area contributed by atoms with Crippen molar-refractivity contribution in [2.45, 2.75) is 32.2 Å². The number of benzene rings is 1. The van der Waals surface area contributed by atoms with Crippen LogP contribution in [0.1, 0.15) is 26.2 Å². The van der Waals surface area contributed by atoms with Crippen molar-refractivity contribution >= 4 is 46.7 Å². The highest BCUT2D eigenvalue weighted by Gasteiger charge is 2.32. The van der Waals surface area contributed by atoms with E-state index in [0.717, 1.165) is 25.9 Å². The lowest BCUT2D eigenvalue weighted by atomic mass is 10.00. The zero-order valence-corrected chi connectivity index (χ0v) is 15.4. The van der Waals surface area contributed by atoms with Crippen molar-refractivity contribution in [1.29, 1.82) is 0 Å². The Morgan fingerprint density at radius 3 is 2.80 bits per heavy atom. The van der Waals surface area contributed by atoms with E-state index in [9.17, 15) is 9.59 Å². The molecular weight excluding hydrogens is 363 g/mol. The van der Waals surface area contributed by atoms with E-state index < -0.39 is 6.04 Å². The van der Waals surface area contributed by atoms with E-state index in [1.165, 1.54) is 0 Å². The third-order valence-corrected chi connectivity index (χ3v) is 5.04. The van der Waals surface area contributed by atoms with Crippen molar-refractivity contribution in [3.63, 3.8) is 0 Å². The van der Waals surface area contributed by atoms with Crippen LogP contribution in [-0.4, -0.2) is 41.8 Å². The maximum atomic E-state index is 12.2. The van der Waals surface area contributed by atoms with E-state index in [2.05, 4.69) is 27.4 Å². The van der Waals surface area contributed by atoms with Crippen molar-refractivity contribution in [3.05, 3.63) is 28.2 Å². The van der Waals surface area contributed by atoms with Crippen LogP contribution < -0.4 is 10.6 Å². The molecule has 1 aromatic rings. The van der Waals surface area contributed by atoms with E-state index >= 15 is 0 Å². The van der Waals surface area contributed by atoms with Crippen molar-refractivity contribution in [2.75, 3.05) is 18.4 Å². The molecule has 0 saturated carbocycles. The minimum absolute atomic E-state index is 0.0393. The van der Waals surface area contributed by atoms with Gasteiger partial charge in [-0.25, -0.2) is 4.99 Å². The number of hydrogen-bond acceptors (Lipinski definition) is 4. The van der Waals surface area contributed by atoms with Crippen LogP contribution in [0.15, 0.2) is 23.2 Å². The lowest BCUT2D eigenvalue weighted by Gasteiger charge is -2.31. The van der Waals surface area contributed by atoms with Crippen LogP contribution in [0.4, 0.5) is 5.69 Å². The number of carbonyl (C=O) groups excluding carboxylic acids is 2. The summed E-state index contributed by atoms with van der Waals surface area (Å²) in [6.45, 7) is 3.97. The number of aliphatic imine (C=N–C) groups is 1. The second kappa shape index (κ2) is 7.62. The number of carbonyl (C=O) groups is 2. The molecule has 1 aromatic carbocycles.